The third kappa shape index (κ3) is 3.25. The highest BCUT2D eigenvalue weighted by atomic mass is 16.3. The van der Waals surface area contributed by atoms with Crippen LogP contribution in [0.1, 0.15) is 5.56 Å². The number of para-hydroxylation sites is 2. The Bertz CT molecular complexity index is 2760. The SMILES string of the molecule is Cc1ccc(N2B3c4cc5oc(-c6ccccc6)nc5cc4-n4c5ccccc5c5c6ccccc6c(c3c54)-c3ccccc32)cc1. The fourth-order valence-electron chi connectivity index (χ4n) is 8.30. The van der Waals surface area contributed by atoms with Crippen molar-refractivity contribution in [3.8, 4) is 28.3 Å². The molecule has 11 rings (SSSR count). The van der Waals surface area contributed by atoms with Gasteiger partial charge in [-0.25, -0.2) is 4.98 Å². The van der Waals surface area contributed by atoms with Gasteiger partial charge >= 0.3 is 6.85 Å². The van der Waals surface area contributed by atoms with Crippen LogP contribution in [0.5, 0.6) is 0 Å². The van der Waals surface area contributed by atoms with Crippen LogP contribution < -0.4 is 15.7 Å². The van der Waals surface area contributed by atoms with Gasteiger partial charge in [0.2, 0.25) is 5.89 Å². The lowest BCUT2D eigenvalue weighted by Gasteiger charge is -2.42. The smallest absolute Gasteiger partial charge is 0.333 e. The summed E-state index contributed by atoms with van der Waals surface area (Å²) in [4.78, 5) is 7.58. The summed E-state index contributed by atoms with van der Waals surface area (Å²) in [5.41, 5.74) is 15.0. The molecule has 0 aliphatic carbocycles. The van der Waals surface area contributed by atoms with E-state index in [1.54, 1.807) is 0 Å². The van der Waals surface area contributed by atoms with Gasteiger partial charge in [0.1, 0.15) is 5.52 Å². The molecular weight excluding hydrogens is 573 g/mol. The first-order valence-electron chi connectivity index (χ1n) is 16.2. The van der Waals surface area contributed by atoms with Crippen LogP contribution in [0.15, 0.2) is 144 Å². The highest BCUT2D eigenvalue weighted by molar-refractivity contribution is 6.94. The molecule has 2 aliphatic rings. The molecule has 4 heterocycles. The van der Waals surface area contributed by atoms with Crippen LogP contribution in [0.3, 0.4) is 0 Å². The molecule has 0 N–H and O–H groups in total. The largest absolute Gasteiger partial charge is 0.436 e. The van der Waals surface area contributed by atoms with Crippen LogP contribution in [-0.2, 0) is 0 Å². The standard InChI is InChI=1S/C42H26BN3O/c1-25-19-21-27(22-20-25)46-35-18-10-8-16-31(35)38-28-13-5-6-14-29(28)39-30-15-7-9-17-34(30)45-36-24-33-37(23-32(36)43(46)40(38)41(39)45)47-42(44-33)26-11-3-2-4-12-26/h2-24H,1H3. The zero-order chi connectivity index (χ0) is 30.8. The minimum atomic E-state index is -0.0869. The van der Waals surface area contributed by atoms with E-state index in [1.165, 1.54) is 65.9 Å². The molecule has 0 bridgehead atoms. The highest BCUT2D eigenvalue weighted by Crippen LogP contribution is 2.48. The lowest BCUT2D eigenvalue weighted by Crippen LogP contribution is -2.60. The van der Waals surface area contributed by atoms with Gasteiger partial charge in [-0.05, 0) is 82.7 Å². The van der Waals surface area contributed by atoms with E-state index in [-0.39, 0.29) is 6.85 Å². The maximum Gasteiger partial charge on any atom is 0.333 e. The Balaban J connectivity index is 1.36. The lowest BCUT2D eigenvalue weighted by molar-refractivity contribution is 0.620. The summed E-state index contributed by atoms with van der Waals surface area (Å²) in [6, 6.07) is 50.4. The molecular formula is C42H26BN3O. The molecule has 2 aliphatic heterocycles. The van der Waals surface area contributed by atoms with Crippen LogP contribution in [0.2, 0.25) is 0 Å². The van der Waals surface area contributed by atoms with Crippen LogP contribution in [0, 0.1) is 6.92 Å². The first kappa shape index (κ1) is 25.2. The van der Waals surface area contributed by atoms with E-state index in [4.69, 9.17) is 9.40 Å². The van der Waals surface area contributed by atoms with Crippen molar-refractivity contribution in [2.24, 2.45) is 0 Å². The summed E-state index contributed by atoms with van der Waals surface area (Å²) < 4.78 is 9.05. The van der Waals surface area contributed by atoms with Gasteiger partial charge in [0.15, 0.2) is 5.58 Å². The highest BCUT2D eigenvalue weighted by Gasteiger charge is 2.45. The van der Waals surface area contributed by atoms with E-state index in [2.05, 4.69) is 138 Å². The average molecular weight is 600 g/mol. The quantitative estimate of drug-likeness (QED) is 0.186. The van der Waals surface area contributed by atoms with Gasteiger partial charge in [0.05, 0.1) is 11.0 Å². The van der Waals surface area contributed by atoms with Crippen molar-refractivity contribution in [2.75, 3.05) is 4.81 Å². The van der Waals surface area contributed by atoms with Crippen LogP contribution >= 0.6 is 0 Å². The summed E-state index contributed by atoms with van der Waals surface area (Å²) >= 11 is 0. The molecule has 5 heteroatoms. The monoisotopic (exact) mass is 599 g/mol. The number of hydrogen-bond donors (Lipinski definition) is 0. The number of aryl methyl sites for hydroxylation is 1. The molecule has 0 spiro atoms. The number of fused-ring (bicyclic) bond motifs is 12. The predicted molar refractivity (Wildman–Crippen MR) is 195 cm³/mol. The Morgan fingerprint density at radius 3 is 2.23 bits per heavy atom. The Hall–Kier alpha value is -6.07. The molecule has 0 saturated carbocycles. The summed E-state index contributed by atoms with van der Waals surface area (Å²) in [5, 5.41) is 5.14. The van der Waals surface area contributed by atoms with E-state index in [0.29, 0.717) is 5.89 Å². The van der Waals surface area contributed by atoms with Gasteiger partial charge in [-0.2, -0.15) is 0 Å². The predicted octanol–water partition coefficient (Wildman–Crippen LogP) is 9.29. The van der Waals surface area contributed by atoms with Crippen molar-refractivity contribution in [2.45, 2.75) is 6.92 Å². The van der Waals surface area contributed by atoms with E-state index in [1.807, 2.05) is 18.2 Å². The maximum absolute atomic E-state index is 6.55. The van der Waals surface area contributed by atoms with Crippen molar-refractivity contribution in [3.63, 3.8) is 0 Å². The van der Waals surface area contributed by atoms with E-state index >= 15 is 0 Å². The summed E-state index contributed by atoms with van der Waals surface area (Å²) in [6.07, 6.45) is 0. The lowest BCUT2D eigenvalue weighted by atomic mass is 9.43. The zero-order valence-electron chi connectivity index (χ0n) is 25.6. The van der Waals surface area contributed by atoms with Gasteiger partial charge < -0.3 is 13.8 Å². The number of oxazole rings is 1. The maximum atomic E-state index is 6.55. The Morgan fingerprint density at radius 2 is 1.38 bits per heavy atom. The Morgan fingerprint density at radius 1 is 0.660 bits per heavy atom. The second kappa shape index (κ2) is 9.02. The average Bonchev–Trinajstić information content (AvgIpc) is 3.71. The molecule has 47 heavy (non-hydrogen) atoms. The molecule has 4 nitrogen and oxygen atoms in total. The molecule has 0 fully saturated rings. The van der Waals surface area contributed by atoms with Crippen LogP contribution in [0.25, 0.3) is 71.9 Å². The molecule has 0 unspecified atom stereocenters. The fourth-order valence-corrected chi connectivity index (χ4v) is 8.30. The zero-order valence-corrected chi connectivity index (χ0v) is 25.6. The molecule has 2 aromatic heterocycles. The molecule has 0 saturated heterocycles. The van der Waals surface area contributed by atoms with Crippen molar-refractivity contribution in [3.05, 3.63) is 145 Å². The first-order valence-corrected chi connectivity index (χ1v) is 16.2. The topological polar surface area (TPSA) is 34.2 Å². The number of hydrogen-bond acceptors (Lipinski definition) is 3. The third-order valence-corrected chi connectivity index (χ3v) is 10.2. The summed E-state index contributed by atoms with van der Waals surface area (Å²) in [5.74, 6) is 0.638. The van der Waals surface area contributed by atoms with Gasteiger partial charge in [-0.15, -0.1) is 0 Å². The van der Waals surface area contributed by atoms with Crippen molar-refractivity contribution in [1.82, 2.24) is 9.55 Å². The Labute approximate surface area is 271 Å². The number of nitrogens with zero attached hydrogens (tertiary/aromatic N) is 3. The van der Waals surface area contributed by atoms with Crippen molar-refractivity contribution in [1.29, 1.82) is 0 Å². The second-order valence-corrected chi connectivity index (χ2v) is 12.8. The van der Waals surface area contributed by atoms with Gasteiger partial charge in [0.25, 0.3) is 0 Å². The fraction of sp³-hybridized carbons (Fsp3) is 0.0238. The van der Waals surface area contributed by atoms with Gasteiger partial charge in [0, 0.05) is 39.0 Å². The Kier molecular flexibility index (Phi) is 4.83. The third-order valence-electron chi connectivity index (χ3n) is 10.2. The number of aromatic nitrogens is 2. The molecule has 0 atom stereocenters. The first-order chi connectivity index (χ1) is 23.2. The minimum Gasteiger partial charge on any atom is -0.436 e. The van der Waals surface area contributed by atoms with Gasteiger partial charge in [-0.1, -0.05) is 96.6 Å². The summed E-state index contributed by atoms with van der Waals surface area (Å²) in [7, 11) is 0. The van der Waals surface area contributed by atoms with Gasteiger partial charge in [-0.3, -0.25) is 0 Å². The van der Waals surface area contributed by atoms with Crippen LogP contribution in [0.4, 0.5) is 11.4 Å². The molecule has 0 radical (unpaired) electrons. The molecule has 0 amide bonds. The van der Waals surface area contributed by atoms with Crippen LogP contribution in [-0.4, -0.2) is 16.4 Å². The second-order valence-electron chi connectivity index (χ2n) is 12.8. The molecule has 7 aromatic carbocycles. The number of rotatable bonds is 2. The van der Waals surface area contributed by atoms with E-state index in [0.717, 1.165) is 28.0 Å². The molecule has 218 valence electrons. The van der Waals surface area contributed by atoms with Crippen molar-refractivity contribution < 1.29 is 4.42 Å². The normalized spacial score (nSPS) is 13.1. The number of benzene rings is 7. The van der Waals surface area contributed by atoms with Crippen molar-refractivity contribution >= 4 is 72.8 Å². The van der Waals surface area contributed by atoms with E-state index < -0.39 is 0 Å². The van der Waals surface area contributed by atoms with E-state index in [9.17, 15) is 0 Å². The number of anilines is 2. The minimum absolute atomic E-state index is 0.0869. The summed E-state index contributed by atoms with van der Waals surface area (Å²) in [6.45, 7) is 2.06. The molecule has 9 aromatic rings.